The SMILES string of the molecule is C=CCC(C)(O)c1ccccc1N. The normalized spacial score (nSPS) is 14.9. The Morgan fingerprint density at radius 3 is 2.69 bits per heavy atom. The Morgan fingerprint density at radius 2 is 2.15 bits per heavy atom. The van der Waals surface area contributed by atoms with Crippen LogP contribution >= 0.6 is 0 Å². The molecule has 3 N–H and O–H groups in total. The number of anilines is 1. The van der Waals surface area contributed by atoms with E-state index in [2.05, 4.69) is 6.58 Å². The summed E-state index contributed by atoms with van der Waals surface area (Å²) in [6.45, 7) is 5.34. The largest absolute Gasteiger partial charge is 0.398 e. The molecule has 0 saturated heterocycles. The summed E-state index contributed by atoms with van der Waals surface area (Å²) < 4.78 is 0. The summed E-state index contributed by atoms with van der Waals surface area (Å²) in [5, 5.41) is 10.0. The van der Waals surface area contributed by atoms with Gasteiger partial charge in [0.05, 0.1) is 5.60 Å². The van der Waals surface area contributed by atoms with Crippen LogP contribution in [-0.4, -0.2) is 5.11 Å². The Bertz CT molecular complexity index is 305. The highest BCUT2D eigenvalue weighted by atomic mass is 16.3. The number of hydrogen-bond acceptors (Lipinski definition) is 2. The monoisotopic (exact) mass is 177 g/mol. The van der Waals surface area contributed by atoms with E-state index >= 15 is 0 Å². The number of benzene rings is 1. The van der Waals surface area contributed by atoms with Gasteiger partial charge in [0, 0.05) is 11.3 Å². The van der Waals surface area contributed by atoms with Crippen LogP contribution in [0.25, 0.3) is 0 Å². The fraction of sp³-hybridized carbons (Fsp3) is 0.273. The van der Waals surface area contributed by atoms with Crippen LogP contribution in [0.2, 0.25) is 0 Å². The molecule has 0 heterocycles. The van der Waals surface area contributed by atoms with Crippen molar-refractivity contribution in [3.63, 3.8) is 0 Å². The van der Waals surface area contributed by atoms with E-state index < -0.39 is 5.60 Å². The van der Waals surface area contributed by atoms with E-state index in [0.29, 0.717) is 12.1 Å². The summed E-state index contributed by atoms with van der Waals surface area (Å²) in [6, 6.07) is 7.33. The van der Waals surface area contributed by atoms with Gasteiger partial charge < -0.3 is 10.8 Å². The molecule has 0 aliphatic heterocycles. The molecule has 2 heteroatoms. The molecule has 0 aromatic heterocycles. The van der Waals surface area contributed by atoms with Gasteiger partial charge in [-0.2, -0.15) is 0 Å². The number of nitrogens with two attached hydrogens (primary N) is 1. The van der Waals surface area contributed by atoms with Gasteiger partial charge in [-0.15, -0.1) is 6.58 Å². The van der Waals surface area contributed by atoms with Crippen molar-refractivity contribution in [3.05, 3.63) is 42.5 Å². The molecule has 13 heavy (non-hydrogen) atoms. The standard InChI is InChI=1S/C11H15NO/c1-3-8-11(2,13)9-6-4-5-7-10(9)12/h3-7,13H,1,8,12H2,2H3. The van der Waals surface area contributed by atoms with Crippen molar-refractivity contribution in [1.29, 1.82) is 0 Å². The molecule has 2 nitrogen and oxygen atoms in total. The van der Waals surface area contributed by atoms with Crippen LogP contribution in [0.15, 0.2) is 36.9 Å². The smallest absolute Gasteiger partial charge is 0.0922 e. The molecule has 1 aromatic rings. The minimum Gasteiger partial charge on any atom is -0.398 e. The molecule has 0 aliphatic rings. The van der Waals surface area contributed by atoms with Crippen molar-refractivity contribution in [2.45, 2.75) is 18.9 Å². The molecule has 0 fully saturated rings. The van der Waals surface area contributed by atoms with Gasteiger partial charge in [-0.05, 0) is 19.4 Å². The minimum absolute atomic E-state index is 0.501. The van der Waals surface area contributed by atoms with E-state index in [4.69, 9.17) is 5.73 Å². The van der Waals surface area contributed by atoms with Crippen molar-refractivity contribution in [1.82, 2.24) is 0 Å². The van der Waals surface area contributed by atoms with E-state index in [9.17, 15) is 5.11 Å². The molecule has 1 aromatic carbocycles. The van der Waals surface area contributed by atoms with Crippen molar-refractivity contribution in [2.75, 3.05) is 5.73 Å². The van der Waals surface area contributed by atoms with E-state index in [1.54, 1.807) is 19.1 Å². The molecule has 0 aliphatic carbocycles. The molecule has 1 unspecified atom stereocenters. The van der Waals surface area contributed by atoms with Crippen LogP contribution in [0, 0.1) is 0 Å². The van der Waals surface area contributed by atoms with Gasteiger partial charge in [-0.25, -0.2) is 0 Å². The lowest BCUT2D eigenvalue weighted by Gasteiger charge is -2.23. The maximum atomic E-state index is 10.0. The Balaban J connectivity index is 3.06. The maximum absolute atomic E-state index is 10.0. The first-order chi connectivity index (χ1) is 6.08. The zero-order valence-corrected chi connectivity index (χ0v) is 7.83. The Morgan fingerprint density at radius 1 is 1.54 bits per heavy atom. The van der Waals surface area contributed by atoms with Crippen molar-refractivity contribution in [3.8, 4) is 0 Å². The quantitative estimate of drug-likeness (QED) is 0.548. The third-order valence-corrected chi connectivity index (χ3v) is 2.08. The van der Waals surface area contributed by atoms with E-state index in [1.165, 1.54) is 0 Å². The minimum atomic E-state index is -0.910. The Hall–Kier alpha value is -1.28. The third kappa shape index (κ3) is 2.10. The fourth-order valence-electron chi connectivity index (χ4n) is 1.38. The second kappa shape index (κ2) is 3.62. The summed E-state index contributed by atoms with van der Waals surface area (Å²) in [4.78, 5) is 0. The average molecular weight is 177 g/mol. The van der Waals surface area contributed by atoms with Crippen molar-refractivity contribution in [2.24, 2.45) is 0 Å². The van der Waals surface area contributed by atoms with E-state index in [0.717, 1.165) is 5.56 Å². The number of hydrogen-bond donors (Lipinski definition) is 2. The average Bonchev–Trinajstić information content (AvgIpc) is 2.04. The highest BCUT2D eigenvalue weighted by Crippen LogP contribution is 2.28. The fourth-order valence-corrected chi connectivity index (χ4v) is 1.38. The Kier molecular flexibility index (Phi) is 2.73. The molecule has 0 radical (unpaired) electrons. The lowest BCUT2D eigenvalue weighted by molar-refractivity contribution is 0.0614. The van der Waals surface area contributed by atoms with Crippen LogP contribution < -0.4 is 5.73 Å². The van der Waals surface area contributed by atoms with Crippen LogP contribution in [0.5, 0.6) is 0 Å². The van der Waals surface area contributed by atoms with E-state index in [-0.39, 0.29) is 0 Å². The molecule has 0 spiro atoms. The summed E-state index contributed by atoms with van der Waals surface area (Å²) in [5.74, 6) is 0. The first-order valence-electron chi connectivity index (χ1n) is 4.26. The molecule has 0 saturated carbocycles. The summed E-state index contributed by atoms with van der Waals surface area (Å²) in [5.41, 5.74) is 6.21. The lowest BCUT2D eigenvalue weighted by Crippen LogP contribution is -2.21. The maximum Gasteiger partial charge on any atom is 0.0922 e. The number of rotatable bonds is 3. The van der Waals surface area contributed by atoms with Crippen molar-refractivity contribution >= 4 is 5.69 Å². The first kappa shape index (κ1) is 9.81. The molecule has 70 valence electrons. The van der Waals surface area contributed by atoms with Gasteiger partial charge in [-0.1, -0.05) is 24.3 Å². The highest BCUT2D eigenvalue weighted by Gasteiger charge is 2.22. The molecular formula is C11H15NO. The number of para-hydroxylation sites is 1. The van der Waals surface area contributed by atoms with Gasteiger partial charge in [0.25, 0.3) is 0 Å². The Labute approximate surface area is 78.7 Å². The molecule has 0 bridgehead atoms. The van der Waals surface area contributed by atoms with Crippen LogP contribution in [-0.2, 0) is 5.60 Å². The van der Waals surface area contributed by atoms with Gasteiger partial charge in [0.2, 0.25) is 0 Å². The topological polar surface area (TPSA) is 46.2 Å². The third-order valence-electron chi connectivity index (χ3n) is 2.08. The summed E-state index contributed by atoms with van der Waals surface area (Å²) >= 11 is 0. The second-order valence-corrected chi connectivity index (χ2v) is 3.35. The number of aliphatic hydroxyl groups is 1. The second-order valence-electron chi connectivity index (χ2n) is 3.35. The van der Waals surface area contributed by atoms with E-state index in [1.807, 2.05) is 18.2 Å². The van der Waals surface area contributed by atoms with Gasteiger partial charge in [0.1, 0.15) is 0 Å². The summed E-state index contributed by atoms with van der Waals surface area (Å²) in [6.07, 6.45) is 2.19. The van der Waals surface area contributed by atoms with Crippen molar-refractivity contribution < 1.29 is 5.11 Å². The zero-order valence-electron chi connectivity index (χ0n) is 7.83. The predicted octanol–water partition coefficient (Wildman–Crippen LogP) is 2.05. The summed E-state index contributed by atoms with van der Waals surface area (Å²) in [7, 11) is 0. The highest BCUT2D eigenvalue weighted by molar-refractivity contribution is 5.49. The first-order valence-corrected chi connectivity index (χ1v) is 4.26. The number of nitrogen functional groups attached to an aromatic ring is 1. The molecule has 0 amide bonds. The van der Waals surface area contributed by atoms with Crippen LogP contribution in [0.3, 0.4) is 0 Å². The zero-order chi connectivity index (χ0) is 9.90. The van der Waals surface area contributed by atoms with Gasteiger partial charge in [-0.3, -0.25) is 0 Å². The van der Waals surface area contributed by atoms with Crippen LogP contribution in [0.1, 0.15) is 18.9 Å². The molecule has 1 atom stereocenters. The van der Waals surface area contributed by atoms with Gasteiger partial charge in [0.15, 0.2) is 0 Å². The predicted molar refractivity (Wildman–Crippen MR) is 55.2 cm³/mol. The van der Waals surface area contributed by atoms with Gasteiger partial charge >= 0.3 is 0 Å². The van der Waals surface area contributed by atoms with Crippen LogP contribution in [0.4, 0.5) is 5.69 Å². The molecular weight excluding hydrogens is 162 g/mol. The molecule has 1 rings (SSSR count). The lowest BCUT2D eigenvalue weighted by atomic mass is 9.91.